The van der Waals surface area contributed by atoms with Gasteiger partial charge in [-0.3, -0.25) is 4.90 Å². The van der Waals surface area contributed by atoms with E-state index >= 15 is 0 Å². The lowest BCUT2D eigenvalue weighted by Crippen LogP contribution is -2.47. The molecule has 0 fully saturated rings. The Bertz CT molecular complexity index is 381. The Morgan fingerprint density at radius 1 is 1.22 bits per heavy atom. The first-order chi connectivity index (χ1) is 10.5. The summed E-state index contributed by atoms with van der Waals surface area (Å²) in [5, 5.41) is 0. The summed E-state index contributed by atoms with van der Waals surface area (Å²) >= 11 is 0. The van der Waals surface area contributed by atoms with Crippen molar-refractivity contribution >= 4 is 12.1 Å². The number of halogens is 1. The molecule has 0 heterocycles. The van der Waals surface area contributed by atoms with Crippen LogP contribution in [0.1, 0.15) is 41.0 Å². The SMILES string of the molecule is COC[C@@H](CF)OC(=O)[C@H](CC(C)C)N(C)C(=O)OC(C)(C)C. The standard InChI is InChI=1S/C16H30FNO5/c1-11(2)8-13(14(19)22-12(9-17)10-21-7)18(6)15(20)23-16(3,4)5/h11-13H,8-10H2,1-7H3/t12-,13+/m1/s1. The molecule has 0 bridgehead atoms. The molecule has 0 N–H and O–H groups in total. The van der Waals surface area contributed by atoms with Gasteiger partial charge in [0, 0.05) is 14.2 Å². The Morgan fingerprint density at radius 2 is 1.78 bits per heavy atom. The van der Waals surface area contributed by atoms with Gasteiger partial charge in [-0.1, -0.05) is 13.8 Å². The monoisotopic (exact) mass is 335 g/mol. The van der Waals surface area contributed by atoms with Crippen LogP contribution in [0.2, 0.25) is 0 Å². The van der Waals surface area contributed by atoms with Crippen LogP contribution >= 0.6 is 0 Å². The van der Waals surface area contributed by atoms with Crippen molar-refractivity contribution in [2.24, 2.45) is 5.92 Å². The number of alkyl halides is 1. The molecule has 6 nitrogen and oxygen atoms in total. The quantitative estimate of drug-likeness (QED) is 0.638. The van der Waals surface area contributed by atoms with Gasteiger partial charge in [-0.25, -0.2) is 14.0 Å². The smallest absolute Gasteiger partial charge is 0.410 e. The van der Waals surface area contributed by atoms with Crippen molar-refractivity contribution in [1.82, 2.24) is 4.90 Å². The second-order valence-corrected chi connectivity index (χ2v) is 6.91. The van der Waals surface area contributed by atoms with Gasteiger partial charge in [0.1, 0.15) is 18.3 Å². The van der Waals surface area contributed by atoms with E-state index in [0.717, 1.165) is 0 Å². The van der Waals surface area contributed by atoms with Crippen molar-refractivity contribution in [3.8, 4) is 0 Å². The summed E-state index contributed by atoms with van der Waals surface area (Å²) in [4.78, 5) is 25.7. The van der Waals surface area contributed by atoms with Gasteiger partial charge < -0.3 is 14.2 Å². The largest absolute Gasteiger partial charge is 0.456 e. The van der Waals surface area contributed by atoms with Gasteiger partial charge in [-0.05, 0) is 33.1 Å². The minimum Gasteiger partial charge on any atom is -0.456 e. The van der Waals surface area contributed by atoms with Crippen LogP contribution in [0.15, 0.2) is 0 Å². The third-order valence-corrected chi connectivity index (χ3v) is 2.92. The molecule has 0 saturated carbocycles. The summed E-state index contributed by atoms with van der Waals surface area (Å²) < 4.78 is 28.0. The summed E-state index contributed by atoms with van der Waals surface area (Å²) in [6, 6.07) is -0.837. The number of esters is 1. The Morgan fingerprint density at radius 3 is 2.17 bits per heavy atom. The van der Waals surface area contributed by atoms with Gasteiger partial charge >= 0.3 is 12.1 Å². The zero-order valence-corrected chi connectivity index (χ0v) is 15.2. The summed E-state index contributed by atoms with van der Waals surface area (Å²) in [6.45, 7) is 8.19. The van der Waals surface area contributed by atoms with Crippen LogP contribution in [-0.2, 0) is 19.0 Å². The first-order valence-corrected chi connectivity index (χ1v) is 7.73. The molecule has 0 aromatic rings. The lowest BCUT2D eigenvalue weighted by molar-refractivity contribution is -0.159. The van der Waals surface area contributed by atoms with E-state index in [-0.39, 0.29) is 12.5 Å². The number of methoxy groups -OCH3 is 1. The number of hydrogen-bond acceptors (Lipinski definition) is 5. The first kappa shape index (κ1) is 21.6. The molecule has 0 rings (SSSR count). The molecule has 2 atom stereocenters. The topological polar surface area (TPSA) is 65.1 Å². The number of carbonyl (C=O) groups is 2. The summed E-state index contributed by atoms with van der Waals surface area (Å²) in [5.74, 6) is -0.518. The van der Waals surface area contributed by atoms with Crippen LogP contribution in [0.4, 0.5) is 9.18 Å². The van der Waals surface area contributed by atoms with Crippen molar-refractivity contribution in [1.29, 1.82) is 0 Å². The van der Waals surface area contributed by atoms with E-state index in [2.05, 4.69) is 0 Å². The minimum atomic E-state index is -0.978. The van der Waals surface area contributed by atoms with E-state index in [1.165, 1.54) is 19.1 Å². The fourth-order valence-electron chi connectivity index (χ4n) is 1.86. The molecule has 0 aliphatic heterocycles. The molecule has 7 heteroatoms. The highest BCUT2D eigenvalue weighted by molar-refractivity contribution is 5.81. The Kier molecular flexibility index (Phi) is 9.12. The Hall–Kier alpha value is -1.37. The molecule has 136 valence electrons. The normalized spacial score (nSPS) is 14.3. The average molecular weight is 335 g/mol. The molecule has 0 aliphatic carbocycles. The van der Waals surface area contributed by atoms with E-state index in [1.54, 1.807) is 20.8 Å². The third kappa shape index (κ3) is 8.74. The van der Waals surface area contributed by atoms with E-state index in [4.69, 9.17) is 14.2 Å². The van der Waals surface area contributed by atoms with Crippen molar-refractivity contribution in [2.45, 2.75) is 58.8 Å². The maximum atomic E-state index is 12.9. The molecule has 1 amide bonds. The van der Waals surface area contributed by atoms with Gasteiger partial charge in [0.2, 0.25) is 0 Å². The van der Waals surface area contributed by atoms with E-state index in [1.807, 2.05) is 13.8 Å². The number of carbonyl (C=O) groups excluding carboxylic acids is 2. The van der Waals surface area contributed by atoms with Crippen molar-refractivity contribution in [2.75, 3.05) is 27.4 Å². The molecular formula is C16H30FNO5. The number of rotatable bonds is 8. The maximum absolute atomic E-state index is 12.9. The van der Waals surface area contributed by atoms with Gasteiger partial charge in [0.25, 0.3) is 0 Å². The number of amides is 1. The maximum Gasteiger partial charge on any atom is 0.410 e. The summed E-state index contributed by atoms with van der Waals surface area (Å²) in [7, 11) is 2.87. The molecule has 0 unspecified atom stereocenters. The lowest BCUT2D eigenvalue weighted by Gasteiger charge is -2.31. The number of hydrogen-bond donors (Lipinski definition) is 0. The average Bonchev–Trinajstić information content (AvgIpc) is 2.41. The Labute approximate surface area is 138 Å². The highest BCUT2D eigenvalue weighted by atomic mass is 19.1. The van der Waals surface area contributed by atoms with Crippen LogP contribution in [0, 0.1) is 5.92 Å². The van der Waals surface area contributed by atoms with Crippen LogP contribution < -0.4 is 0 Å². The van der Waals surface area contributed by atoms with Crippen molar-refractivity contribution in [3.05, 3.63) is 0 Å². The number of ether oxygens (including phenoxy) is 3. The first-order valence-electron chi connectivity index (χ1n) is 7.73. The van der Waals surface area contributed by atoms with Gasteiger partial charge in [-0.2, -0.15) is 0 Å². The van der Waals surface area contributed by atoms with Crippen LogP contribution in [0.5, 0.6) is 0 Å². The van der Waals surface area contributed by atoms with E-state index in [9.17, 15) is 14.0 Å². The molecule has 0 aromatic carbocycles. The summed E-state index contributed by atoms with van der Waals surface area (Å²) in [5.41, 5.74) is -0.671. The van der Waals surface area contributed by atoms with Crippen LogP contribution in [0.3, 0.4) is 0 Å². The molecule has 0 aromatic heterocycles. The molecule has 0 aliphatic rings. The highest BCUT2D eigenvalue weighted by Gasteiger charge is 2.33. The van der Waals surface area contributed by atoms with Gasteiger partial charge in [0.15, 0.2) is 6.10 Å². The molecule has 0 radical (unpaired) electrons. The molecule has 0 saturated heterocycles. The van der Waals surface area contributed by atoms with E-state index < -0.39 is 36.5 Å². The van der Waals surface area contributed by atoms with Crippen LogP contribution in [0.25, 0.3) is 0 Å². The molecule has 0 spiro atoms. The zero-order valence-electron chi connectivity index (χ0n) is 15.2. The second kappa shape index (κ2) is 9.70. The van der Waals surface area contributed by atoms with E-state index in [0.29, 0.717) is 6.42 Å². The van der Waals surface area contributed by atoms with Crippen LogP contribution in [-0.4, -0.2) is 62.1 Å². The number of likely N-dealkylation sites (N-methyl/N-ethyl adjacent to an activating group) is 1. The fraction of sp³-hybridized carbons (Fsp3) is 0.875. The Balaban J connectivity index is 5.04. The van der Waals surface area contributed by atoms with Gasteiger partial charge in [-0.15, -0.1) is 0 Å². The second-order valence-electron chi connectivity index (χ2n) is 6.91. The van der Waals surface area contributed by atoms with Crippen molar-refractivity contribution < 1.29 is 28.2 Å². The molecular weight excluding hydrogens is 305 g/mol. The number of nitrogens with zero attached hydrogens (tertiary/aromatic N) is 1. The predicted molar refractivity (Wildman–Crippen MR) is 85.0 cm³/mol. The third-order valence-electron chi connectivity index (χ3n) is 2.92. The zero-order chi connectivity index (χ0) is 18.2. The predicted octanol–water partition coefficient (Wildman–Crippen LogP) is 2.80. The fourth-order valence-corrected chi connectivity index (χ4v) is 1.86. The lowest BCUT2D eigenvalue weighted by atomic mass is 10.0. The molecule has 23 heavy (non-hydrogen) atoms. The minimum absolute atomic E-state index is 0.0349. The van der Waals surface area contributed by atoms with Crippen molar-refractivity contribution in [3.63, 3.8) is 0 Å². The highest BCUT2D eigenvalue weighted by Crippen LogP contribution is 2.17. The summed E-state index contributed by atoms with van der Waals surface area (Å²) in [6.07, 6.45) is -1.21. The van der Waals surface area contributed by atoms with Gasteiger partial charge in [0.05, 0.1) is 6.61 Å².